The van der Waals surface area contributed by atoms with E-state index in [9.17, 15) is 0 Å². The maximum atomic E-state index is 6.69. The van der Waals surface area contributed by atoms with Gasteiger partial charge in [-0.25, -0.2) is 0 Å². The number of rotatable bonds is 4. The lowest BCUT2D eigenvalue weighted by molar-refractivity contribution is 0.403. The maximum Gasteiger partial charge on any atom is 0.137 e. The van der Waals surface area contributed by atoms with Crippen LogP contribution in [0.1, 0.15) is 45.2 Å². The summed E-state index contributed by atoms with van der Waals surface area (Å²) in [6, 6.07) is 45.3. The van der Waals surface area contributed by atoms with Gasteiger partial charge in [-0.2, -0.15) is 0 Å². The largest absolute Gasteiger partial charge is 0.456 e. The van der Waals surface area contributed by atoms with Crippen LogP contribution >= 0.6 is 0 Å². The molecule has 0 amide bonds. The molecule has 0 N–H and O–H groups in total. The number of hydrogen-bond acceptors (Lipinski definition) is 3. The molecule has 2 aromatic heterocycles. The fourth-order valence-electron chi connectivity index (χ4n) is 8.26. The van der Waals surface area contributed by atoms with Crippen LogP contribution in [0.5, 0.6) is 0 Å². The minimum atomic E-state index is 0.0799. The molecule has 46 heavy (non-hydrogen) atoms. The Morgan fingerprint density at radius 2 is 1.04 bits per heavy atom. The predicted molar refractivity (Wildman–Crippen MR) is 192 cm³/mol. The van der Waals surface area contributed by atoms with Gasteiger partial charge in [0.25, 0.3) is 0 Å². The molecule has 6 aromatic carbocycles. The Hall–Kier alpha value is -5.28. The summed E-state index contributed by atoms with van der Waals surface area (Å²) in [5.41, 5.74) is 12.1. The van der Waals surface area contributed by atoms with Gasteiger partial charge in [0.15, 0.2) is 0 Å². The number of nitrogens with zero attached hydrogens (tertiary/aromatic N) is 1. The lowest BCUT2D eigenvalue weighted by atomic mass is 9.82. The van der Waals surface area contributed by atoms with Gasteiger partial charge in [-0.3, -0.25) is 0 Å². The van der Waals surface area contributed by atoms with Crippen molar-refractivity contribution in [3.63, 3.8) is 0 Å². The first-order chi connectivity index (χ1) is 22.3. The van der Waals surface area contributed by atoms with Gasteiger partial charge in [0.05, 0.1) is 22.1 Å². The average Bonchev–Trinajstić information content (AvgIpc) is 3.68. The molecule has 0 radical (unpaired) electrons. The van der Waals surface area contributed by atoms with Crippen molar-refractivity contribution in [3.05, 3.63) is 139 Å². The van der Waals surface area contributed by atoms with Crippen LogP contribution in [0.3, 0.4) is 0 Å². The van der Waals surface area contributed by atoms with Gasteiger partial charge in [-0.1, -0.05) is 100 Å². The molecule has 1 aliphatic carbocycles. The van der Waals surface area contributed by atoms with Crippen molar-refractivity contribution >= 4 is 60.9 Å². The standard InChI is InChI=1S/C43H35NO2/c1-42(2)26-43(3,4)33-25-39-31(24-32(33)42)41-35(19-12-22-38(41)46-39)44(29-16-10-15-28(23-29)27-13-6-5-7-14-27)34-18-11-21-37-40(34)30-17-8-9-20-36(30)45-37/h5-25H,26H2,1-4H3. The molecule has 0 aliphatic heterocycles. The van der Waals surface area contributed by atoms with Crippen LogP contribution in [-0.2, 0) is 10.8 Å². The van der Waals surface area contributed by atoms with E-state index in [2.05, 4.69) is 148 Å². The number of furan rings is 2. The van der Waals surface area contributed by atoms with Crippen molar-refractivity contribution < 1.29 is 8.83 Å². The third kappa shape index (κ3) is 3.98. The molecule has 3 heteroatoms. The van der Waals surface area contributed by atoms with E-state index in [-0.39, 0.29) is 10.8 Å². The third-order valence-electron chi connectivity index (χ3n) is 10.0. The summed E-state index contributed by atoms with van der Waals surface area (Å²) in [4.78, 5) is 2.40. The van der Waals surface area contributed by atoms with Crippen LogP contribution < -0.4 is 4.90 Å². The topological polar surface area (TPSA) is 29.5 Å². The minimum absolute atomic E-state index is 0.0799. The molecule has 0 saturated heterocycles. The quantitative estimate of drug-likeness (QED) is 0.202. The molecule has 0 unspecified atom stereocenters. The van der Waals surface area contributed by atoms with Crippen molar-refractivity contribution in [2.45, 2.75) is 44.9 Å². The normalized spacial score (nSPS) is 15.2. The van der Waals surface area contributed by atoms with Crippen molar-refractivity contribution in [3.8, 4) is 11.1 Å². The number of hydrogen-bond donors (Lipinski definition) is 0. The van der Waals surface area contributed by atoms with E-state index in [1.54, 1.807) is 0 Å². The average molecular weight is 598 g/mol. The van der Waals surface area contributed by atoms with Gasteiger partial charge in [0.1, 0.15) is 22.3 Å². The second-order valence-corrected chi connectivity index (χ2v) is 14.1. The van der Waals surface area contributed by atoms with E-state index in [0.717, 1.165) is 67.4 Å². The Balaban J connectivity index is 1.37. The highest BCUT2D eigenvalue weighted by atomic mass is 16.3. The number of benzene rings is 6. The minimum Gasteiger partial charge on any atom is -0.456 e. The summed E-state index contributed by atoms with van der Waals surface area (Å²) in [5, 5.41) is 4.47. The van der Waals surface area contributed by atoms with Gasteiger partial charge < -0.3 is 13.7 Å². The van der Waals surface area contributed by atoms with E-state index < -0.39 is 0 Å². The number of para-hydroxylation sites is 1. The smallest absolute Gasteiger partial charge is 0.137 e. The molecule has 1 aliphatic rings. The number of fused-ring (bicyclic) bond motifs is 7. The van der Waals surface area contributed by atoms with Crippen molar-refractivity contribution in [2.24, 2.45) is 0 Å². The van der Waals surface area contributed by atoms with Gasteiger partial charge in [0, 0.05) is 16.5 Å². The first-order valence-corrected chi connectivity index (χ1v) is 16.1. The molecular formula is C43H35NO2. The summed E-state index contributed by atoms with van der Waals surface area (Å²) in [5.74, 6) is 0. The molecule has 8 aromatic rings. The summed E-state index contributed by atoms with van der Waals surface area (Å²) < 4.78 is 13.1. The summed E-state index contributed by atoms with van der Waals surface area (Å²) in [6.07, 6.45) is 1.11. The van der Waals surface area contributed by atoms with Gasteiger partial charge in [-0.05, 0) is 94.1 Å². The molecule has 224 valence electrons. The highest BCUT2D eigenvalue weighted by molar-refractivity contribution is 6.18. The van der Waals surface area contributed by atoms with E-state index in [4.69, 9.17) is 8.83 Å². The Labute approximate surface area is 268 Å². The molecule has 0 fully saturated rings. The fraction of sp³-hybridized carbons (Fsp3) is 0.163. The highest BCUT2D eigenvalue weighted by Gasteiger charge is 2.42. The highest BCUT2D eigenvalue weighted by Crippen LogP contribution is 2.53. The molecule has 3 nitrogen and oxygen atoms in total. The van der Waals surface area contributed by atoms with Crippen LogP contribution in [0, 0.1) is 0 Å². The van der Waals surface area contributed by atoms with E-state index in [0.29, 0.717) is 0 Å². The molecule has 0 spiro atoms. The van der Waals surface area contributed by atoms with Crippen molar-refractivity contribution in [2.75, 3.05) is 4.90 Å². The Morgan fingerprint density at radius 3 is 1.78 bits per heavy atom. The zero-order valence-electron chi connectivity index (χ0n) is 26.6. The zero-order valence-corrected chi connectivity index (χ0v) is 26.6. The molecular weight excluding hydrogens is 562 g/mol. The molecule has 0 atom stereocenters. The summed E-state index contributed by atoms with van der Waals surface area (Å²) in [7, 11) is 0. The zero-order chi connectivity index (χ0) is 31.2. The van der Waals surface area contributed by atoms with Crippen molar-refractivity contribution in [1.82, 2.24) is 0 Å². The first kappa shape index (κ1) is 27.1. The Morgan fingerprint density at radius 1 is 0.478 bits per heavy atom. The molecule has 2 heterocycles. The lowest BCUT2D eigenvalue weighted by Gasteiger charge is -2.27. The fourth-order valence-corrected chi connectivity index (χ4v) is 8.26. The monoisotopic (exact) mass is 597 g/mol. The SMILES string of the molecule is CC1(C)CC(C)(C)c2cc3c(cc21)oc1cccc(N(c2cccc(-c4ccccc4)c2)c2cccc4oc5ccccc5c24)c13. The molecule has 0 bridgehead atoms. The second-order valence-electron chi connectivity index (χ2n) is 14.1. The van der Waals surface area contributed by atoms with Gasteiger partial charge in [0.2, 0.25) is 0 Å². The number of anilines is 3. The Kier molecular flexibility index (Phi) is 5.65. The van der Waals surface area contributed by atoms with Gasteiger partial charge in [-0.15, -0.1) is 0 Å². The van der Waals surface area contributed by atoms with Crippen LogP contribution in [-0.4, -0.2) is 0 Å². The lowest BCUT2D eigenvalue weighted by Crippen LogP contribution is -2.17. The van der Waals surface area contributed by atoms with E-state index in [1.807, 2.05) is 12.1 Å². The van der Waals surface area contributed by atoms with Crippen molar-refractivity contribution in [1.29, 1.82) is 0 Å². The molecule has 0 saturated carbocycles. The van der Waals surface area contributed by atoms with Crippen LogP contribution in [0.4, 0.5) is 17.1 Å². The summed E-state index contributed by atoms with van der Waals surface area (Å²) >= 11 is 0. The first-order valence-electron chi connectivity index (χ1n) is 16.1. The second kappa shape index (κ2) is 9.61. The Bertz CT molecular complexity index is 2460. The van der Waals surface area contributed by atoms with Crippen LogP contribution in [0.2, 0.25) is 0 Å². The maximum absolute atomic E-state index is 6.69. The van der Waals surface area contributed by atoms with Crippen LogP contribution in [0.15, 0.2) is 136 Å². The molecule has 9 rings (SSSR count). The van der Waals surface area contributed by atoms with Crippen LogP contribution in [0.25, 0.3) is 55.0 Å². The predicted octanol–water partition coefficient (Wildman–Crippen LogP) is 12.6. The van der Waals surface area contributed by atoms with Gasteiger partial charge >= 0.3 is 0 Å². The van der Waals surface area contributed by atoms with E-state index in [1.165, 1.54) is 22.3 Å². The van der Waals surface area contributed by atoms with E-state index >= 15 is 0 Å². The summed E-state index contributed by atoms with van der Waals surface area (Å²) in [6.45, 7) is 9.47. The third-order valence-corrected chi connectivity index (χ3v) is 10.0.